The minimum atomic E-state index is -0.210. The van der Waals surface area contributed by atoms with Crippen molar-refractivity contribution < 1.29 is 13.9 Å². The Labute approximate surface area is 175 Å². The SMILES string of the molecule is O=C(c1ccccc1Cl)N1CCOC(CN2CCN(c3ccc(F)cc3)CC2)C1. The Morgan fingerprint density at radius 3 is 2.48 bits per heavy atom. The van der Waals surface area contributed by atoms with Gasteiger partial charge in [0.1, 0.15) is 5.82 Å². The van der Waals surface area contributed by atoms with Crippen molar-refractivity contribution in [2.75, 3.05) is 57.3 Å². The van der Waals surface area contributed by atoms with Crippen molar-refractivity contribution in [3.63, 3.8) is 0 Å². The van der Waals surface area contributed by atoms with Crippen LogP contribution in [-0.4, -0.2) is 74.2 Å². The Kier molecular flexibility index (Phi) is 6.33. The van der Waals surface area contributed by atoms with Crippen LogP contribution in [0.1, 0.15) is 10.4 Å². The van der Waals surface area contributed by atoms with Gasteiger partial charge >= 0.3 is 0 Å². The zero-order valence-corrected chi connectivity index (χ0v) is 17.0. The molecular weight excluding hydrogens is 393 g/mol. The molecule has 29 heavy (non-hydrogen) atoms. The Balaban J connectivity index is 1.29. The van der Waals surface area contributed by atoms with E-state index in [-0.39, 0.29) is 17.8 Å². The van der Waals surface area contributed by atoms with Gasteiger partial charge in [0.2, 0.25) is 0 Å². The van der Waals surface area contributed by atoms with Gasteiger partial charge in [-0.25, -0.2) is 4.39 Å². The van der Waals surface area contributed by atoms with Gasteiger partial charge in [0.15, 0.2) is 0 Å². The number of piperazine rings is 1. The number of halogens is 2. The summed E-state index contributed by atoms with van der Waals surface area (Å²) in [7, 11) is 0. The first-order valence-electron chi connectivity index (χ1n) is 9.98. The Morgan fingerprint density at radius 2 is 1.76 bits per heavy atom. The Bertz CT molecular complexity index is 840. The smallest absolute Gasteiger partial charge is 0.255 e. The van der Waals surface area contributed by atoms with Crippen LogP contribution in [0.25, 0.3) is 0 Å². The predicted octanol–water partition coefficient (Wildman–Crippen LogP) is 3.14. The molecule has 2 heterocycles. The first-order valence-corrected chi connectivity index (χ1v) is 10.4. The van der Waals surface area contributed by atoms with E-state index in [0.717, 1.165) is 38.4 Å². The molecule has 0 radical (unpaired) electrons. The number of ether oxygens (including phenoxy) is 1. The molecule has 5 nitrogen and oxygen atoms in total. The Hall–Kier alpha value is -2.15. The van der Waals surface area contributed by atoms with Crippen LogP contribution in [0.3, 0.4) is 0 Å². The molecule has 4 rings (SSSR count). The molecule has 0 bridgehead atoms. The molecule has 2 aliphatic rings. The zero-order valence-electron chi connectivity index (χ0n) is 16.3. The third kappa shape index (κ3) is 4.89. The maximum Gasteiger partial charge on any atom is 0.255 e. The van der Waals surface area contributed by atoms with Crippen molar-refractivity contribution in [1.82, 2.24) is 9.80 Å². The maximum atomic E-state index is 13.1. The summed E-state index contributed by atoms with van der Waals surface area (Å²) >= 11 is 6.19. The first-order chi connectivity index (χ1) is 14.1. The molecule has 0 N–H and O–H groups in total. The van der Waals surface area contributed by atoms with E-state index >= 15 is 0 Å². The van der Waals surface area contributed by atoms with Crippen LogP contribution in [-0.2, 0) is 4.74 Å². The van der Waals surface area contributed by atoms with Crippen LogP contribution in [0.15, 0.2) is 48.5 Å². The summed E-state index contributed by atoms with van der Waals surface area (Å²) in [6.45, 7) is 6.09. The lowest BCUT2D eigenvalue weighted by atomic mass is 10.1. The lowest BCUT2D eigenvalue weighted by Gasteiger charge is -2.40. The standard InChI is InChI=1S/C22H25ClFN3O2/c23-21-4-2-1-3-20(21)22(28)27-13-14-29-19(16-27)15-25-9-11-26(12-10-25)18-7-5-17(24)6-8-18/h1-8,19H,9-16H2. The van der Waals surface area contributed by atoms with Crippen LogP contribution >= 0.6 is 11.6 Å². The molecule has 0 aromatic heterocycles. The summed E-state index contributed by atoms with van der Waals surface area (Å²) in [6.07, 6.45) is -0.00689. The molecule has 154 valence electrons. The molecule has 0 saturated carbocycles. The number of nitrogens with zero attached hydrogens (tertiary/aromatic N) is 3. The number of anilines is 1. The van der Waals surface area contributed by atoms with Crippen molar-refractivity contribution in [3.05, 3.63) is 64.9 Å². The minimum absolute atomic E-state index is 0.00689. The molecule has 1 unspecified atom stereocenters. The van der Waals surface area contributed by atoms with E-state index in [2.05, 4.69) is 9.80 Å². The lowest BCUT2D eigenvalue weighted by molar-refractivity contribution is -0.0363. The second kappa shape index (κ2) is 9.11. The van der Waals surface area contributed by atoms with Gasteiger partial charge in [-0.05, 0) is 36.4 Å². The number of carbonyl (C=O) groups is 1. The van der Waals surface area contributed by atoms with E-state index < -0.39 is 0 Å². The summed E-state index contributed by atoms with van der Waals surface area (Å²) < 4.78 is 19.0. The van der Waals surface area contributed by atoms with Crippen molar-refractivity contribution in [2.24, 2.45) is 0 Å². The number of hydrogen-bond acceptors (Lipinski definition) is 4. The Morgan fingerprint density at radius 1 is 1.03 bits per heavy atom. The van der Waals surface area contributed by atoms with E-state index in [1.807, 2.05) is 29.2 Å². The van der Waals surface area contributed by atoms with Crippen LogP contribution in [0, 0.1) is 5.82 Å². The van der Waals surface area contributed by atoms with Gasteiger partial charge in [0.25, 0.3) is 5.91 Å². The molecule has 0 aliphatic carbocycles. The quantitative estimate of drug-likeness (QED) is 0.765. The van der Waals surface area contributed by atoms with Crippen LogP contribution < -0.4 is 4.90 Å². The fourth-order valence-electron chi connectivity index (χ4n) is 3.95. The number of hydrogen-bond donors (Lipinski definition) is 0. The van der Waals surface area contributed by atoms with Gasteiger partial charge in [-0.1, -0.05) is 23.7 Å². The molecule has 2 aromatic rings. The van der Waals surface area contributed by atoms with Gasteiger partial charge in [-0.2, -0.15) is 0 Å². The fraction of sp³-hybridized carbons (Fsp3) is 0.409. The predicted molar refractivity (Wildman–Crippen MR) is 112 cm³/mol. The fourth-order valence-corrected chi connectivity index (χ4v) is 4.16. The average Bonchev–Trinajstić information content (AvgIpc) is 2.75. The van der Waals surface area contributed by atoms with E-state index in [1.165, 1.54) is 12.1 Å². The van der Waals surface area contributed by atoms with E-state index in [1.54, 1.807) is 12.1 Å². The van der Waals surface area contributed by atoms with Gasteiger partial charge in [0, 0.05) is 51.5 Å². The summed E-state index contributed by atoms with van der Waals surface area (Å²) in [4.78, 5) is 19.3. The molecular formula is C22H25ClFN3O2. The minimum Gasteiger partial charge on any atom is -0.373 e. The number of morpholine rings is 1. The van der Waals surface area contributed by atoms with Crippen molar-refractivity contribution in [2.45, 2.75) is 6.10 Å². The zero-order chi connectivity index (χ0) is 20.2. The molecule has 7 heteroatoms. The number of carbonyl (C=O) groups excluding carboxylic acids is 1. The van der Waals surface area contributed by atoms with Gasteiger partial charge in [-0.3, -0.25) is 9.69 Å². The number of amides is 1. The number of rotatable bonds is 4. The average molecular weight is 418 g/mol. The van der Waals surface area contributed by atoms with E-state index in [9.17, 15) is 9.18 Å². The lowest BCUT2D eigenvalue weighted by Crippen LogP contribution is -2.53. The van der Waals surface area contributed by atoms with E-state index in [0.29, 0.717) is 30.3 Å². The molecule has 1 amide bonds. The van der Waals surface area contributed by atoms with Crippen LogP contribution in [0.5, 0.6) is 0 Å². The van der Waals surface area contributed by atoms with Crippen molar-refractivity contribution >= 4 is 23.2 Å². The molecule has 2 aliphatic heterocycles. The van der Waals surface area contributed by atoms with Crippen molar-refractivity contribution in [1.29, 1.82) is 0 Å². The van der Waals surface area contributed by atoms with Crippen molar-refractivity contribution in [3.8, 4) is 0 Å². The van der Waals surface area contributed by atoms with Crippen LogP contribution in [0.2, 0.25) is 5.02 Å². The van der Waals surface area contributed by atoms with Gasteiger partial charge < -0.3 is 14.5 Å². The highest BCUT2D eigenvalue weighted by molar-refractivity contribution is 6.33. The first kappa shape index (κ1) is 20.1. The second-order valence-corrected chi connectivity index (χ2v) is 7.90. The molecule has 0 spiro atoms. The van der Waals surface area contributed by atoms with Gasteiger partial charge in [0.05, 0.1) is 23.3 Å². The largest absolute Gasteiger partial charge is 0.373 e. The van der Waals surface area contributed by atoms with E-state index in [4.69, 9.17) is 16.3 Å². The van der Waals surface area contributed by atoms with Gasteiger partial charge in [-0.15, -0.1) is 0 Å². The van der Waals surface area contributed by atoms with Crippen LogP contribution in [0.4, 0.5) is 10.1 Å². The molecule has 2 fully saturated rings. The highest BCUT2D eigenvalue weighted by Gasteiger charge is 2.28. The number of benzene rings is 2. The topological polar surface area (TPSA) is 36.0 Å². The highest BCUT2D eigenvalue weighted by atomic mass is 35.5. The molecule has 2 saturated heterocycles. The third-order valence-corrected chi connectivity index (χ3v) is 5.89. The normalized spacial score (nSPS) is 20.7. The highest BCUT2D eigenvalue weighted by Crippen LogP contribution is 2.20. The summed E-state index contributed by atoms with van der Waals surface area (Å²) in [6, 6.07) is 13.8. The summed E-state index contributed by atoms with van der Waals surface area (Å²) in [5.41, 5.74) is 1.60. The molecule has 1 atom stereocenters. The molecule has 2 aromatic carbocycles. The summed E-state index contributed by atoms with van der Waals surface area (Å²) in [5.74, 6) is -0.247. The monoisotopic (exact) mass is 417 g/mol. The third-order valence-electron chi connectivity index (χ3n) is 5.56. The maximum absolute atomic E-state index is 13.1. The summed E-state index contributed by atoms with van der Waals surface area (Å²) in [5, 5.41) is 0.484. The second-order valence-electron chi connectivity index (χ2n) is 7.49.